The smallest absolute Gasteiger partial charge is 0.309 e. The second-order valence-electron chi connectivity index (χ2n) is 6.05. The average Bonchev–Trinajstić information content (AvgIpc) is 2.65. The summed E-state index contributed by atoms with van der Waals surface area (Å²) in [5.41, 5.74) is 0. The fourth-order valence-electron chi connectivity index (χ4n) is 2.88. The Morgan fingerprint density at radius 2 is 2.12 bits per heavy atom. The number of carbonyl (C=O) groups excluding carboxylic acids is 1. The molecule has 1 heterocycles. The molecule has 1 saturated heterocycles. The average molecular weight is 382 g/mol. The van der Waals surface area contributed by atoms with E-state index in [0.717, 1.165) is 44.2 Å². The number of benzene rings is 1. The molecule has 1 aliphatic heterocycles. The van der Waals surface area contributed by atoms with E-state index in [1.54, 1.807) is 6.07 Å². The maximum absolute atomic E-state index is 11.9. The zero-order valence-electron chi connectivity index (χ0n) is 15.5. The van der Waals surface area contributed by atoms with Crippen molar-refractivity contribution in [1.82, 2.24) is 10.2 Å². The molecule has 0 radical (unpaired) electrons. The minimum atomic E-state index is -0.0796. The summed E-state index contributed by atoms with van der Waals surface area (Å²) < 4.78 is 10.8. The lowest BCUT2D eigenvalue weighted by Gasteiger charge is -2.33. The minimum absolute atomic E-state index is 0.000221. The number of nitrogens with zero attached hydrogens (tertiary/aromatic N) is 2. The predicted octanol–water partition coefficient (Wildman–Crippen LogP) is 2.96. The third kappa shape index (κ3) is 6.41. The van der Waals surface area contributed by atoms with Crippen LogP contribution in [0, 0.1) is 5.92 Å². The minimum Gasteiger partial charge on any atom is -0.492 e. The topological polar surface area (TPSA) is 63.2 Å². The van der Waals surface area contributed by atoms with E-state index in [9.17, 15) is 4.79 Å². The zero-order chi connectivity index (χ0) is 18.8. The van der Waals surface area contributed by atoms with Crippen LogP contribution in [0.3, 0.4) is 0 Å². The number of hydrogen-bond donors (Lipinski definition) is 1. The van der Waals surface area contributed by atoms with Gasteiger partial charge < -0.3 is 19.7 Å². The van der Waals surface area contributed by atoms with Gasteiger partial charge in [0.25, 0.3) is 0 Å². The Kier molecular flexibility index (Phi) is 8.54. The van der Waals surface area contributed by atoms with E-state index >= 15 is 0 Å². The van der Waals surface area contributed by atoms with Crippen molar-refractivity contribution < 1.29 is 14.3 Å². The molecule has 144 valence electrons. The third-order valence-electron chi connectivity index (χ3n) is 4.17. The van der Waals surface area contributed by atoms with Gasteiger partial charge in [0.1, 0.15) is 12.4 Å². The zero-order valence-corrected chi connectivity index (χ0v) is 16.3. The fraction of sp³-hybridized carbons (Fsp3) is 0.579. The number of likely N-dealkylation sites (tertiary alicyclic amines) is 1. The predicted molar refractivity (Wildman–Crippen MR) is 104 cm³/mol. The van der Waals surface area contributed by atoms with Gasteiger partial charge in [-0.15, -0.1) is 0 Å². The first-order valence-electron chi connectivity index (χ1n) is 9.22. The molecule has 0 bridgehead atoms. The molecule has 26 heavy (non-hydrogen) atoms. The molecule has 1 aromatic carbocycles. The normalized spacial score (nSPS) is 15.7. The lowest BCUT2D eigenvalue weighted by Crippen LogP contribution is -2.46. The fourth-order valence-corrected chi connectivity index (χ4v) is 3.07. The van der Waals surface area contributed by atoms with Crippen molar-refractivity contribution in [3.05, 3.63) is 29.3 Å². The number of ether oxygens (including phenoxy) is 2. The van der Waals surface area contributed by atoms with Crippen LogP contribution in [0.5, 0.6) is 5.75 Å². The van der Waals surface area contributed by atoms with Crippen LogP contribution < -0.4 is 10.1 Å². The van der Waals surface area contributed by atoms with Crippen molar-refractivity contribution in [2.45, 2.75) is 26.7 Å². The highest BCUT2D eigenvalue weighted by Gasteiger charge is 2.27. The summed E-state index contributed by atoms with van der Waals surface area (Å²) in [7, 11) is 0. The SMILES string of the molecule is CCNC(=NCCOc1cccc(Cl)c1)N1CCC(C(=O)OCC)CC1. The van der Waals surface area contributed by atoms with Crippen molar-refractivity contribution in [1.29, 1.82) is 0 Å². The Balaban J connectivity index is 1.82. The van der Waals surface area contributed by atoms with E-state index < -0.39 is 0 Å². The highest BCUT2D eigenvalue weighted by molar-refractivity contribution is 6.30. The van der Waals surface area contributed by atoms with Gasteiger partial charge in [-0.3, -0.25) is 4.79 Å². The Bertz CT molecular complexity index is 601. The lowest BCUT2D eigenvalue weighted by molar-refractivity contribution is -0.149. The van der Waals surface area contributed by atoms with Gasteiger partial charge in [-0.1, -0.05) is 17.7 Å². The highest BCUT2D eigenvalue weighted by Crippen LogP contribution is 2.19. The van der Waals surface area contributed by atoms with Crippen LogP contribution >= 0.6 is 11.6 Å². The molecule has 0 aliphatic carbocycles. The molecule has 0 atom stereocenters. The first-order valence-corrected chi connectivity index (χ1v) is 9.60. The van der Waals surface area contributed by atoms with Crippen LogP contribution in [0.1, 0.15) is 26.7 Å². The van der Waals surface area contributed by atoms with E-state index in [1.807, 2.05) is 32.0 Å². The van der Waals surface area contributed by atoms with E-state index in [1.165, 1.54) is 0 Å². The van der Waals surface area contributed by atoms with Gasteiger partial charge in [0.2, 0.25) is 0 Å². The Labute approximate surface area is 160 Å². The molecule has 2 rings (SSSR count). The largest absolute Gasteiger partial charge is 0.492 e. The molecule has 1 N–H and O–H groups in total. The van der Waals surface area contributed by atoms with Crippen molar-refractivity contribution in [3.63, 3.8) is 0 Å². The first kappa shape index (κ1) is 20.4. The quantitative estimate of drug-likeness (QED) is 0.340. The van der Waals surface area contributed by atoms with Crippen molar-refractivity contribution in [3.8, 4) is 5.75 Å². The molecule has 6 nitrogen and oxygen atoms in total. The van der Waals surface area contributed by atoms with Gasteiger partial charge in [0.15, 0.2) is 5.96 Å². The second-order valence-corrected chi connectivity index (χ2v) is 6.49. The summed E-state index contributed by atoms with van der Waals surface area (Å²) in [6.45, 7) is 7.75. The van der Waals surface area contributed by atoms with E-state index in [0.29, 0.717) is 24.8 Å². The van der Waals surface area contributed by atoms with E-state index in [4.69, 9.17) is 21.1 Å². The molecule has 1 fully saturated rings. The Hall–Kier alpha value is -1.95. The van der Waals surface area contributed by atoms with E-state index in [2.05, 4.69) is 15.2 Å². The molecule has 0 amide bonds. The van der Waals surface area contributed by atoms with Gasteiger partial charge in [-0.2, -0.15) is 0 Å². The number of aliphatic imine (C=N–C) groups is 1. The van der Waals surface area contributed by atoms with Crippen LogP contribution in [0.25, 0.3) is 0 Å². The number of esters is 1. The molecule has 0 aromatic heterocycles. The maximum atomic E-state index is 11.9. The van der Waals surface area contributed by atoms with Gasteiger partial charge in [-0.25, -0.2) is 4.99 Å². The summed E-state index contributed by atoms with van der Waals surface area (Å²) in [5, 5.41) is 3.97. The monoisotopic (exact) mass is 381 g/mol. The van der Waals surface area contributed by atoms with Gasteiger partial charge in [-0.05, 0) is 44.9 Å². The maximum Gasteiger partial charge on any atom is 0.309 e. The number of halogens is 1. The third-order valence-corrected chi connectivity index (χ3v) is 4.40. The van der Waals surface area contributed by atoms with Crippen LogP contribution in [0.15, 0.2) is 29.3 Å². The molecule has 7 heteroatoms. The summed E-state index contributed by atoms with van der Waals surface area (Å²) in [5.74, 6) is 1.53. The number of piperidine rings is 1. The molecular formula is C19H28ClN3O3. The summed E-state index contributed by atoms with van der Waals surface area (Å²) in [6, 6.07) is 7.34. The van der Waals surface area contributed by atoms with Gasteiger partial charge in [0.05, 0.1) is 19.1 Å². The second kappa shape index (κ2) is 10.9. The van der Waals surface area contributed by atoms with Crippen molar-refractivity contribution in [2.75, 3.05) is 39.4 Å². The van der Waals surface area contributed by atoms with Crippen LogP contribution in [0.4, 0.5) is 0 Å². The number of guanidine groups is 1. The number of hydrogen-bond acceptors (Lipinski definition) is 4. The standard InChI is InChI=1S/C19H28ClN3O3/c1-3-21-19(22-10-13-26-17-7-5-6-16(20)14-17)23-11-8-15(9-12-23)18(24)25-4-2/h5-7,14-15H,3-4,8-13H2,1-2H3,(H,21,22). The van der Waals surface area contributed by atoms with E-state index in [-0.39, 0.29) is 11.9 Å². The molecule has 1 aromatic rings. The van der Waals surface area contributed by atoms with Gasteiger partial charge >= 0.3 is 5.97 Å². The summed E-state index contributed by atoms with van der Waals surface area (Å²) in [4.78, 5) is 18.7. The van der Waals surface area contributed by atoms with Crippen molar-refractivity contribution >= 4 is 23.5 Å². The molecule has 0 unspecified atom stereocenters. The summed E-state index contributed by atoms with van der Waals surface area (Å²) >= 11 is 5.95. The summed E-state index contributed by atoms with van der Waals surface area (Å²) in [6.07, 6.45) is 1.59. The van der Waals surface area contributed by atoms with Crippen LogP contribution in [0.2, 0.25) is 5.02 Å². The molecule has 0 saturated carbocycles. The first-order chi connectivity index (χ1) is 12.6. The van der Waals surface area contributed by atoms with Crippen molar-refractivity contribution in [2.24, 2.45) is 10.9 Å². The molecule has 1 aliphatic rings. The van der Waals surface area contributed by atoms with Gasteiger partial charge in [0, 0.05) is 24.7 Å². The molecular weight excluding hydrogens is 354 g/mol. The molecule has 0 spiro atoms. The van der Waals surface area contributed by atoms with Crippen LogP contribution in [-0.2, 0) is 9.53 Å². The Morgan fingerprint density at radius 1 is 1.35 bits per heavy atom. The number of nitrogens with one attached hydrogen (secondary N) is 1. The number of carbonyl (C=O) groups is 1. The number of rotatable bonds is 7. The highest BCUT2D eigenvalue weighted by atomic mass is 35.5. The Morgan fingerprint density at radius 3 is 2.77 bits per heavy atom. The van der Waals surface area contributed by atoms with Crippen LogP contribution in [-0.4, -0.2) is 56.2 Å². The lowest BCUT2D eigenvalue weighted by atomic mass is 9.97.